The van der Waals surface area contributed by atoms with E-state index in [0.717, 1.165) is 29.7 Å². The van der Waals surface area contributed by atoms with Crippen LogP contribution in [0.25, 0.3) is 5.69 Å². The fraction of sp³-hybridized carbons (Fsp3) is 0.227. The Morgan fingerprint density at radius 3 is 2.79 bits per heavy atom. The number of carbonyl (C=O) groups excluding carboxylic acids is 1. The molecule has 0 bridgehead atoms. The summed E-state index contributed by atoms with van der Waals surface area (Å²) in [6, 6.07) is 12.5. The molecule has 29 heavy (non-hydrogen) atoms. The molecule has 3 aromatic rings. The van der Waals surface area contributed by atoms with E-state index in [4.69, 9.17) is 4.74 Å². The fourth-order valence-corrected chi connectivity index (χ4v) is 3.59. The van der Waals surface area contributed by atoms with E-state index < -0.39 is 11.3 Å². The first-order chi connectivity index (χ1) is 14.1. The van der Waals surface area contributed by atoms with Crippen molar-refractivity contribution in [1.82, 2.24) is 15.1 Å². The lowest BCUT2D eigenvalue weighted by molar-refractivity contribution is 0.0928. The molecule has 1 heterocycles. The van der Waals surface area contributed by atoms with Gasteiger partial charge in [-0.1, -0.05) is 12.1 Å². The Morgan fingerprint density at radius 1 is 1.24 bits per heavy atom. The number of benzene rings is 2. The summed E-state index contributed by atoms with van der Waals surface area (Å²) in [6.07, 6.45) is 2.97. The van der Waals surface area contributed by atoms with Crippen molar-refractivity contribution in [1.29, 1.82) is 0 Å². The number of carbonyl (C=O) groups is 1. The summed E-state index contributed by atoms with van der Waals surface area (Å²) < 4.78 is 20.2. The van der Waals surface area contributed by atoms with Crippen molar-refractivity contribution < 1.29 is 13.9 Å². The van der Waals surface area contributed by atoms with Crippen LogP contribution < -0.4 is 15.5 Å². The third-order valence-corrected chi connectivity index (χ3v) is 4.95. The zero-order valence-electron chi connectivity index (χ0n) is 15.9. The van der Waals surface area contributed by atoms with Gasteiger partial charge in [0.1, 0.15) is 11.6 Å². The van der Waals surface area contributed by atoms with E-state index >= 15 is 0 Å². The van der Waals surface area contributed by atoms with Crippen LogP contribution in [0.3, 0.4) is 0 Å². The van der Waals surface area contributed by atoms with Crippen molar-refractivity contribution in [2.24, 2.45) is 0 Å². The predicted molar refractivity (Wildman–Crippen MR) is 106 cm³/mol. The number of nitrogens with zero attached hydrogens (tertiary/aromatic N) is 2. The lowest BCUT2D eigenvalue weighted by atomic mass is 10.1. The minimum Gasteiger partial charge on any atom is -0.494 e. The van der Waals surface area contributed by atoms with Gasteiger partial charge in [-0.2, -0.15) is 5.10 Å². The van der Waals surface area contributed by atoms with E-state index in [-0.39, 0.29) is 17.6 Å². The van der Waals surface area contributed by atoms with Gasteiger partial charge in [0.2, 0.25) is 5.43 Å². The molecule has 6 nitrogen and oxygen atoms in total. The average molecular weight is 393 g/mol. The molecule has 2 aromatic carbocycles. The van der Waals surface area contributed by atoms with Gasteiger partial charge >= 0.3 is 0 Å². The maximum absolute atomic E-state index is 13.1. The highest BCUT2D eigenvalue weighted by Gasteiger charge is 2.28. The van der Waals surface area contributed by atoms with Crippen LogP contribution >= 0.6 is 0 Å². The lowest BCUT2D eigenvalue weighted by Gasteiger charge is -2.15. The molecule has 0 unspecified atom stereocenters. The molecule has 0 aliphatic heterocycles. The van der Waals surface area contributed by atoms with Gasteiger partial charge in [-0.15, -0.1) is 0 Å². The Balaban J connectivity index is 1.59. The van der Waals surface area contributed by atoms with Gasteiger partial charge in [-0.05, 0) is 61.2 Å². The smallest absolute Gasteiger partial charge is 0.276 e. The number of halogens is 1. The Labute approximate surface area is 166 Å². The maximum atomic E-state index is 13.1. The van der Waals surface area contributed by atoms with Crippen LogP contribution in [0, 0.1) is 5.82 Å². The fourth-order valence-electron chi connectivity index (χ4n) is 3.59. The first kappa shape index (κ1) is 18.9. The summed E-state index contributed by atoms with van der Waals surface area (Å²) in [4.78, 5) is 25.0. The van der Waals surface area contributed by atoms with Crippen LogP contribution in [0.4, 0.5) is 4.39 Å². The normalized spacial score (nSPS) is 15.0. The number of nitrogens with one attached hydrogen (secondary N) is 1. The molecular formula is C22H20FN3O3. The molecule has 1 aromatic heterocycles. The summed E-state index contributed by atoms with van der Waals surface area (Å²) in [5, 5.41) is 7.08. The van der Waals surface area contributed by atoms with Crippen molar-refractivity contribution in [3.05, 3.63) is 87.6 Å². The van der Waals surface area contributed by atoms with Gasteiger partial charge in [0, 0.05) is 12.3 Å². The second-order valence-electron chi connectivity index (χ2n) is 6.77. The van der Waals surface area contributed by atoms with E-state index in [1.54, 1.807) is 0 Å². The van der Waals surface area contributed by atoms with Gasteiger partial charge in [-0.3, -0.25) is 9.59 Å². The quantitative estimate of drug-likeness (QED) is 0.723. The standard InChI is InChI=1S/C22H20FN3O3/c1-2-29-20-5-3-4-16-17(20)10-11-18(16)24-22(28)21-19(27)12-13-26(25-21)15-8-6-14(23)7-9-15/h3-9,12-13,18H,2,10-11H2,1H3,(H,24,28)/t18-/m1/s1. The number of ether oxygens (including phenoxy) is 1. The van der Waals surface area contributed by atoms with Crippen LogP contribution in [-0.4, -0.2) is 22.3 Å². The number of hydrogen-bond donors (Lipinski definition) is 1. The molecular weight excluding hydrogens is 373 g/mol. The summed E-state index contributed by atoms with van der Waals surface area (Å²) in [7, 11) is 0. The highest BCUT2D eigenvalue weighted by molar-refractivity contribution is 5.92. The average Bonchev–Trinajstić information content (AvgIpc) is 3.13. The number of rotatable bonds is 5. The molecule has 1 atom stereocenters. The third kappa shape index (κ3) is 3.76. The first-order valence-corrected chi connectivity index (χ1v) is 9.48. The largest absolute Gasteiger partial charge is 0.494 e. The van der Waals surface area contributed by atoms with Gasteiger partial charge in [0.25, 0.3) is 5.91 Å². The highest BCUT2D eigenvalue weighted by Crippen LogP contribution is 2.37. The molecule has 0 saturated heterocycles. The van der Waals surface area contributed by atoms with E-state index in [0.29, 0.717) is 12.3 Å². The molecule has 7 heteroatoms. The molecule has 0 radical (unpaired) electrons. The second kappa shape index (κ2) is 7.87. The van der Waals surface area contributed by atoms with E-state index in [2.05, 4.69) is 10.4 Å². The van der Waals surface area contributed by atoms with E-state index in [1.165, 1.54) is 41.2 Å². The van der Waals surface area contributed by atoms with Crippen molar-refractivity contribution in [2.75, 3.05) is 6.61 Å². The lowest BCUT2D eigenvalue weighted by Crippen LogP contribution is -2.33. The van der Waals surface area contributed by atoms with E-state index in [1.807, 2.05) is 25.1 Å². The first-order valence-electron chi connectivity index (χ1n) is 9.48. The number of fused-ring (bicyclic) bond motifs is 1. The van der Waals surface area contributed by atoms with E-state index in [9.17, 15) is 14.0 Å². The highest BCUT2D eigenvalue weighted by atomic mass is 19.1. The Hall–Kier alpha value is -3.48. The zero-order valence-corrected chi connectivity index (χ0v) is 15.9. The Kier molecular flexibility index (Phi) is 5.12. The summed E-state index contributed by atoms with van der Waals surface area (Å²) in [5.41, 5.74) is 1.96. The second-order valence-corrected chi connectivity index (χ2v) is 6.77. The SMILES string of the molecule is CCOc1cccc2c1CC[C@H]2NC(=O)c1nn(-c2ccc(F)cc2)ccc1=O. The molecule has 4 rings (SSSR count). The van der Waals surface area contributed by atoms with Crippen LogP contribution in [0.1, 0.15) is 41.0 Å². The van der Waals surface area contributed by atoms with Gasteiger partial charge in [-0.25, -0.2) is 9.07 Å². The molecule has 1 amide bonds. The topological polar surface area (TPSA) is 73.2 Å². The molecule has 1 aliphatic rings. The minimum atomic E-state index is -0.536. The summed E-state index contributed by atoms with van der Waals surface area (Å²) in [5.74, 6) is -0.0801. The summed E-state index contributed by atoms with van der Waals surface area (Å²) in [6.45, 7) is 2.51. The van der Waals surface area contributed by atoms with Gasteiger partial charge in [0.15, 0.2) is 5.69 Å². The number of amides is 1. The van der Waals surface area contributed by atoms with Crippen LogP contribution in [0.15, 0.2) is 59.5 Å². The van der Waals surface area contributed by atoms with Gasteiger partial charge < -0.3 is 10.1 Å². The molecule has 0 spiro atoms. The molecule has 1 N–H and O–H groups in total. The van der Waals surface area contributed by atoms with Crippen LogP contribution in [0.2, 0.25) is 0 Å². The molecule has 1 aliphatic carbocycles. The van der Waals surface area contributed by atoms with Crippen molar-refractivity contribution in [3.8, 4) is 11.4 Å². The van der Waals surface area contributed by atoms with Gasteiger partial charge in [0.05, 0.1) is 18.3 Å². The molecule has 0 saturated carbocycles. The molecule has 0 fully saturated rings. The third-order valence-electron chi connectivity index (χ3n) is 4.95. The minimum absolute atomic E-state index is 0.203. The Bertz CT molecular complexity index is 1110. The van der Waals surface area contributed by atoms with Crippen molar-refractivity contribution in [2.45, 2.75) is 25.8 Å². The van der Waals surface area contributed by atoms with Crippen LogP contribution in [0.5, 0.6) is 5.75 Å². The van der Waals surface area contributed by atoms with Crippen molar-refractivity contribution in [3.63, 3.8) is 0 Å². The van der Waals surface area contributed by atoms with Crippen molar-refractivity contribution >= 4 is 5.91 Å². The maximum Gasteiger partial charge on any atom is 0.276 e. The summed E-state index contributed by atoms with van der Waals surface area (Å²) >= 11 is 0. The zero-order chi connectivity index (χ0) is 20.4. The Morgan fingerprint density at radius 2 is 2.03 bits per heavy atom. The number of hydrogen-bond acceptors (Lipinski definition) is 4. The molecule has 148 valence electrons. The predicted octanol–water partition coefficient (Wildman–Crippen LogP) is 3.19. The van der Waals surface area contributed by atoms with Crippen LogP contribution in [-0.2, 0) is 6.42 Å². The number of aromatic nitrogens is 2. The monoisotopic (exact) mass is 393 g/mol.